The van der Waals surface area contributed by atoms with E-state index in [0.29, 0.717) is 18.3 Å². The van der Waals surface area contributed by atoms with Crippen LogP contribution < -0.4 is 10.5 Å². The summed E-state index contributed by atoms with van der Waals surface area (Å²) in [5.74, 6) is 0.913. The lowest BCUT2D eigenvalue weighted by molar-refractivity contribution is -0.137. The summed E-state index contributed by atoms with van der Waals surface area (Å²) < 4.78 is 42.6. The van der Waals surface area contributed by atoms with Crippen LogP contribution in [0.3, 0.4) is 0 Å². The first kappa shape index (κ1) is 14.2. The van der Waals surface area contributed by atoms with Crippen molar-refractivity contribution >= 4 is 0 Å². The number of rotatable bonds is 4. The largest absolute Gasteiger partial charge is 0.492 e. The van der Waals surface area contributed by atoms with Gasteiger partial charge in [-0.1, -0.05) is 12.8 Å². The Morgan fingerprint density at radius 2 is 1.74 bits per heavy atom. The Balaban J connectivity index is 1.86. The van der Waals surface area contributed by atoms with Crippen LogP contribution in [0, 0.1) is 5.92 Å². The van der Waals surface area contributed by atoms with Crippen LogP contribution in [0.1, 0.15) is 31.2 Å². The minimum absolute atomic E-state index is 0.0372. The molecule has 0 amide bonds. The third kappa shape index (κ3) is 3.86. The fourth-order valence-corrected chi connectivity index (χ4v) is 2.45. The summed E-state index contributed by atoms with van der Waals surface area (Å²) in [6, 6.07) is 4.69. The molecule has 1 fully saturated rings. The fourth-order valence-electron chi connectivity index (χ4n) is 2.45. The van der Waals surface area contributed by atoms with Crippen molar-refractivity contribution in [2.45, 2.75) is 37.9 Å². The molecule has 0 heterocycles. The van der Waals surface area contributed by atoms with Gasteiger partial charge in [-0.05, 0) is 43.0 Å². The van der Waals surface area contributed by atoms with Crippen molar-refractivity contribution in [1.82, 2.24) is 0 Å². The molecule has 1 aromatic carbocycles. The third-order valence-corrected chi connectivity index (χ3v) is 3.63. The van der Waals surface area contributed by atoms with Crippen LogP contribution in [-0.4, -0.2) is 12.6 Å². The van der Waals surface area contributed by atoms with E-state index >= 15 is 0 Å². The lowest BCUT2D eigenvalue weighted by Gasteiger charge is -2.19. The Hall–Kier alpha value is -1.23. The predicted octanol–water partition coefficient (Wildman–Crippen LogP) is 3.60. The highest BCUT2D eigenvalue weighted by Gasteiger charge is 2.30. The van der Waals surface area contributed by atoms with Crippen molar-refractivity contribution in [1.29, 1.82) is 0 Å². The summed E-state index contributed by atoms with van der Waals surface area (Å²) in [4.78, 5) is 0. The molecule has 2 nitrogen and oxygen atoms in total. The average Bonchev–Trinajstić information content (AvgIpc) is 2.89. The number of hydrogen-bond acceptors (Lipinski definition) is 2. The van der Waals surface area contributed by atoms with Gasteiger partial charge in [0.15, 0.2) is 0 Å². The number of alkyl halides is 3. The highest BCUT2D eigenvalue weighted by Crippen LogP contribution is 2.30. The molecule has 1 unspecified atom stereocenters. The number of hydrogen-bond donors (Lipinski definition) is 1. The number of nitrogens with two attached hydrogens (primary N) is 1. The van der Waals surface area contributed by atoms with E-state index in [-0.39, 0.29) is 6.04 Å². The highest BCUT2D eigenvalue weighted by molar-refractivity contribution is 5.28. The van der Waals surface area contributed by atoms with Crippen molar-refractivity contribution in [3.8, 4) is 5.75 Å². The predicted molar refractivity (Wildman–Crippen MR) is 66.9 cm³/mol. The second kappa shape index (κ2) is 5.82. The topological polar surface area (TPSA) is 35.2 Å². The molecule has 1 aliphatic carbocycles. The van der Waals surface area contributed by atoms with E-state index in [1.807, 2.05) is 0 Å². The van der Waals surface area contributed by atoms with Gasteiger partial charge in [0.2, 0.25) is 0 Å². The molecular weight excluding hydrogens is 255 g/mol. The summed E-state index contributed by atoms with van der Waals surface area (Å²) in [5.41, 5.74) is 5.35. The molecule has 5 heteroatoms. The van der Waals surface area contributed by atoms with Crippen LogP contribution >= 0.6 is 0 Å². The number of ether oxygens (including phenoxy) is 1. The van der Waals surface area contributed by atoms with Crippen LogP contribution in [0.2, 0.25) is 0 Å². The van der Waals surface area contributed by atoms with E-state index in [1.54, 1.807) is 0 Å². The average molecular weight is 273 g/mol. The van der Waals surface area contributed by atoms with Crippen LogP contribution in [-0.2, 0) is 6.18 Å². The van der Waals surface area contributed by atoms with E-state index in [1.165, 1.54) is 25.0 Å². The maximum atomic E-state index is 12.4. The standard InChI is InChI=1S/C14H18F3NO/c15-14(16,17)11-5-7-12(8-6-11)19-9-13(18)10-3-1-2-4-10/h5-8,10,13H,1-4,9,18H2. The monoisotopic (exact) mass is 273 g/mol. The van der Waals surface area contributed by atoms with Crippen LogP contribution in [0.4, 0.5) is 13.2 Å². The first-order valence-corrected chi connectivity index (χ1v) is 6.52. The second-order valence-corrected chi connectivity index (χ2v) is 5.04. The quantitative estimate of drug-likeness (QED) is 0.909. The molecule has 106 valence electrons. The Bertz CT molecular complexity index is 396. The Labute approximate surface area is 110 Å². The lowest BCUT2D eigenvalue weighted by atomic mass is 10.00. The smallest absolute Gasteiger partial charge is 0.416 e. The Kier molecular flexibility index (Phi) is 4.34. The van der Waals surface area contributed by atoms with E-state index in [2.05, 4.69) is 0 Å². The molecule has 1 aromatic rings. The zero-order valence-corrected chi connectivity index (χ0v) is 10.6. The molecule has 0 saturated heterocycles. The first-order chi connectivity index (χ1) is 8.97. The minimum Gasteiger partial charge on any atom is -0.492 e. The van der Waals surface area contributed by atoms with Crippen LogP contribution in [0.25, 0.3) is 0 Å². The highest BCUT2D eigenvalue weighted by atomic mass is 19.4. The Morgan fingerprint density at radius 1 is 1.16 bits per heavy atom. The van der Waals surface area contributed by atoms with Gasteiger partial charge in [0.1, 0.15) is 12.4 Å². The molecule has 1 atom stereocenters. The van der Waals surface area contributed by atoms with E-state index in [0.717, 1.165) is 25.0 Å². The van der Waals surface area contributed by atoms with Crippen LogP contribution in [0.15, 0.2) is 24.3 Å². The summed E-state index contributed by atoms with van der Waals surface area (Å²) in [7, 11) is 0. The van der Waals surface area contributed by atoms with Gasteiger partial charge in [-0.25, -0.2) is 0 Å². The molecule has 1 saturated carbocycles. The van der Waals surface area contributed by atoms with Gasteiger partial charge in [0.05, 0.1) is 5.56 Å². The summed E-state index contributed by atoms with van der Waals surface area (Å²) in [6.45, 7) is 0.357. The maximum Gasteiger partial charge on any atom is 0.416 e. The van der Waals surface area contributed by atoms with Gasteiger partial charge < -0.3 is 10.5 Å². The molecule has 0 radical (unpaired) electrons. The number of benzene rings is 1. The molecule has 0 bridgehead atoms. The zero-order valence-electron chi connectivity index (χ0n) is 10.6. The molecule has 0 spiro atoms. The van der Waals surface area contributed by atoms with Crippen molar-refractivity contribution < 1.29 is 17.9 Å². The molecule has 0 aliphatic heterocycles. The van der Waals surface area contributed by atoms with Gasteiger partial charge in [0.25, 0.3) is 0 Å². The van der Waals surface area contributed by atoms with E-state index in [9.17, 15) is 13.2 Å². The molecule has 2 N–H and O–H groups in total. The summed E-state index contributed by atoms with van der Waals surface area (Å²) >= 11 is 0. The van der Waals surface area contributed by atoms with Crippen molar-refractivity contribution in [2.24, 2.45) is 11.7 Å². The lowest BCUT2D eigenvalue weighted by Crippen LogP contribution is -2.34. The van der Waals surface area contributed by atoms with Gasteiger partial charge in [-0.3, -0.25) is 0 Å². The van der Waals surface area contributed by atoms with E-state index in [4.69, 9.17) is 10.5 Å². The molecule has 1 aliphatic rings. The minimum atomic E-state index is -4.31. The van der Waals surface area contributed by atoms with Gasteiger partial charge in [0, 0.05) is 6.04 Å². The van der Waals surface area contributed by atoms with Crippen molar-refractivity contribution in [3.05, 3.63) is 29.8 Å². The van der Waals surface area contributed by atoms with Gasteiger partial charge in [-0.15, -0.1) is 0 Å². The summed E-state index contributed by atoms with van der Waals surface area (Å²) in [6.07, 6.45) is 0.352. The Morgan fingerprint density at radius 3 is 2.26 bits per heavy atom. The third-order valence-electron chi connectivity index (χ3n) is 3.63. The van der Waals surface area contributed by atoms with Gasteiger partial charge in [-0.2, -0.15) is 13.2 Å². The first-order valence-electron chi connectivity index (χ1n) is 6.52. The van der Waals surface area contributed by atoms with Crippen LogP contribution in [0.5, 0.6) is 5.75 Å². The number of halogens is 3. The van der Waals surface area contributed by atoms with Gasteiger partial charge >= 0.3 is 6.18 Å². The molecule has 2 rings (SSSR count). The second-order valence-electron chi connectivity index (χ2n) is 5.04. The molecule has 19 heavy (non-hydrogen) atoms. The fraction of sp³-hybridized carbons (Fsp3) is 0.571. The van der Waals surface area contributed by atoms with Crippen molar-refractivity contribution in [2.75, 3.05) is 6.61 Å². The SMILES string of the molecule is NC(COc1ccc(C(F)(F)F)cc1)C1CCCC1. The molecular formula is C14H18F3NO. The molecule has 0 aromatic heterocycles. The summed E-state index contributed by atoms with van der Waals surface area (Å²) in [5, 5.41) is 0. The normalized spacial score (nSPS) is 18.5. The van der Waals surface area contributed by atoms with E-state index < -0.39 is 11.7 Å². The zero-order chi connectivity index (χ0) is 13.9. The van der Waals surface area contributed by atoms with Crippen molar-refractivity contribution in [3.63, 3.8) is 0 Å². The maximum absolute atomic E-state index is 12.4.